The highest BCUT2D eigenvalue weighted by Crippen LogP contribution is 2.33. The van der Waals surface area contributed by atoms with Gasteiger partial charge in [0.15, 0.2) is 0 Å². The van der Waals surface area contributed by atoms with Gasteiger partial charge in [0.1, 0.15) is 0 Å². The van der Waals surface area contributed by atoms with E-state index in [4.69, 9.17) is 5.26 Å². The largest absolute Gasteiger partial charge is 0.325 e. The van der Waals surface area contributed by atoms with Gasteiger partial charge in [-0.2, -0.15) is 5.26 Å². The van der Waals surface area contributed by atoms with Gasteiger partial charge in [-0.1, -0.05) is 13.8 Å². The summed E-state index contributed by atoms with van der Waals surface area (Å²) in [4.78, 5) is 11.7. The van der Waals surface area contributed by atoms with Crippen molar-refractivity contribution in [3.63, 3.8) is 0 Å². The van der Waals surface area contributed by atoms with Crippen molar-refractivity contribution in [2.75, 3.05) is 5.32 Å². The highest BCUT2D eigenvalue weighted by molar-refractivity contribution is 5.98. The van der Waals surface area contributed by atoms with Gasteiger partial charge in [0.05, 0.1) is 11.6 Å². The zero-order valence-corrected chi connectivity index (χ0v) is 8.79. The van der Waals surface area contributed by atoms with Gasteiger partial charge in [-0.05, 0) is 30.2 Å². The summed E-state index contributed by atoms with van der Waals surface area (Å²) in [6, 6.07) is 7.46. The molecule has 76 valence electrons. The van der Waals surface area contributed by atoms with Crippen molar-refractivity contribution in [3.05, 3.63) is 29.3 Å². The minimum atomic E-state index is -0.388. The fourth-order valence-electron chi connectivity index (χ4n) is 1.78. The third kappa shape index (κ3) is 1.59. The molecule has 0 aromatic heterocycles. The molecule has 2 rings (SSSR count). The Balaban J connectivity index is 2.47. The Bertz CT molecular complexity index is 469. The molecule has 0 unspecified atom stereocenters. The number of anilines is 1. The van der Waals surface area contributed by atoms with E-state index in [9.17, 15) is 4.79 Å². The predicted molar refractivity (Wildman–Crippen MR) is 57.3 cm³/mol. The van der Waals surface area contributed by atoms with Crippen LogP contribution < -0.4 is 5.32 Å². The second-order valence-corrected chi connectivity index (χ2v) is 4.50. The van der Waals surface area contributed by atoms with Crippen LogP contribution in [0.15, 0.2) is 18.2 Å². The zero-order chi connectivity index (χ0) is 11.1. The molecule has 0 radical (unpaired) electrons. The average Bonchev–Trinajstić information content (AvgIpc) is 2.18. The molecule has 0 spiro atoms. The standard InChI is InChI=1S/C12H12N2O/c1-12(2)6-9-5-8(7-13)3-4-10(9)14-11(12)15/h3-5H,6H2,1-2H3,(H,14,15). The molecule has 0 fully saturated rings. The first-order chi connectivity index (χ1) is 7.03. The van der Waals surface area contributed by atoms with Crippen molar-refractivity contribution in [3.8, 4) is 6.07 Å². The number of hydrogen-bond donors (Lipinski definition) is 1. The number of nitrogens with one attached hydrogen (secondary N) is 1. The number of nitriles is 1. The summed E-state index contributed by atoms with van der Waals surface area (Å²) in [5, 5.41) is 11.6. The number of benzene rings is 1. The molecule has 1 amide bonds. The van der Waals surface area contributed by atoms with Crippen LogP contribution in [0.4, 0.5) is 5.69 Å². The maximum Gasteiger partial charge on any atom is 0.230 e. The summed E-state index contributed by atoms with van der Waals surface area (Å²) in [5.41, 5.74) is 2.12. The predicted octanol–water partition coefficient (Wildman–Crippen LogP) is 2.08. The average molecular weight is 200 g/mol. The maximum absolute atomic E-state index is 11.7. The first-order valence-electron chi connectivity index (χ1n) is 4.87. The number of fused-ring (bicyclic) bond motifs is 1. The summed E-state index contributed by atoms with van der Waals surface area (Å²) in [6.07, 6.45) is 0.684. The SMILES string of the molecule is CC1(C)Cc2cc(C#N)ccc2NC1=O. The van der Waals surface area contributed by atoms with Crippen molar-refractivity contribution in [2.24, 2.45) is 5.41 Å². The van der Waals surface area contributed by atoms with Gasteiger partial charge in [0, 0.05) is 11.1 Å². The van der Waals surface area contributed by atoms with Crippen molar-refractivity contribution in [1.29, 1.82) is 5.26 Å². The van der Waals surface area contributed by atoms with E-state index in [0.717, 1.165) is 11.3 Å². The summed E-state index contributed by atoms with van der Waals surface area (Å²) in [6.45, 7) is 3.81. The quantitative estimate of drug-likeness (QED) is 0.697. The molecule has 1 aromatic carbocycles. The summed E-state index contributed by atoms with van der Waals surface area (Å²) in [5.74, 6) is 0.0414. The second kappa shape index (κ2) is 3.09. The smallest absolute Gasteiger partial charge is 0.230 e. The fourth-order valence-corrected chi connectivity index (χ4v) is 1.78. The first-order valence-corrected chi connectivity index (χ1v) is 4.87. The Kier molecular flexibility index (Phi) is 2.01. The van der Waals surface area contributed by atoms with Crippen molar-refractivity contribution < 1.29 is 4.79 Å². The number of rotatable bonds is 0. The second-order valence-electron chi connectivity index (χ2n) is 4.50. The molecular weight excluding hydrogens is 188 g/mol. The van der Waals surface area contributed by atoms with Crippen LogP contribution in [0, 0.1) is 16.7 Å². The molecule has 1 aromatic rings. The highest BCUT2D eigenvalue weighted by Gasteiger charge is 2.33. The normalized spacial score (nSPS) is 17.5. The molecule has 3 heteroatoms. The van der Waals surface area contributed by atoms with E-state index in [0.29, 0.717) is 12.0 Å². The minimum Gasteiger partial charge on any atom is -0.325 e. The zero-order valence-electron chi connectivity index (χ0n) is 8.79. The summed E-state index contributed by atoms with van der Waals surface area (Å²) in [7, 11) is 0. The van der Waals surface area contributed by atoms with Gasteiger partial charge in [-0.25, -0.2) is 0 Å². The van der Waals surface area contributed by atoms with E-state index in [-0.39, 0.29) is 11.3 Å². The van der Waals surface area contributed by atoms with Crippen LogP contribution in [0.1, 0.15) is 25.0 Å². The molecule has 3 nitrogen and oxygen atoms in total. The molecule has 0 aliphatic carbocycles. The van der Waals surface area contributed by atoms with Crippen LogP contribution >= 0.6 is 0 Å². The number of carbonyl (C=O) groups is 1. The van der Waals surface area contributed by atoms with Crippen LogP contribution in [0.5, 0.6) is 0 Å². The Morgan fingerprint density at radius 2 is 2.20 bits per heavy atom. The van der Waals surface area contributed by atoms with Gasteiger partial charge in [-0.15, -0.1) is 0 Å². The molecule has 0 bridgehead atoms. The van der Waals surface area contributed by atoms with E-state index in [1.54, 1.807) is 12.1 Å². The van der Waals surface area contributed by atoms with Crippen molar-refractivity contribution >= 4 is 11.6 Å². The van der Waals surface area contributed by atoms with Gasteiger partial charge in [0.25, 0.3) is 0 Å². The topological polar surface area (TPSA) is 52.9 Å². The third-order valence-electron chi connectivity index (χ3n) is 2.73. The monoisotopic (exact) mass is 200 g/mol. The Morgan fingerprint density at radius 3 is 2.87 bits per heavy atom. The van der Waals surface area contributed by atoms with Gasteiger partial charge in [-0.3, -0.25) is 4.79 Å². The molecule has 1 aliphatic heterocycles. The lowest BCUT2D eigenvalue weighted by atomic mass is 9.81. The Labute approximate surface area is 88.7 Å². The van der Waals surface area contributed by atoms with Crippen LogP contribution in [0.25, 0.3) is 0 Å². The van der Waals surface area contributed by atoms with E-state index >= 15 is 0 Å². The maximum atomic E-state index is 11.7. The Hall–Kier alpha value is -1.82. The van der Waals surface area contributed by atoms with Crippen LogP contribution in [-0.4, -0.2) is 5.91 Å². The molecule has 1 N–H and O–H groups in total. The summed E-state index contributed by atoms with van der Waals surface area (Å²) < 4.78 is 0. The molecular formula is C12H12N2O. The van der Waals surface area contributed by atoms with E-state index in [1.165, 1.54) is 0 Å². The lowest BCUT2D eigenvalue weighted by Crippen LogP contribution is -2.37. The minimum absolute atomic E-state index is 0.0414. The highest BCUT2D eigenvalue weighted by atomic mass is 16.2. The number of carbonyl (C=O) groups excluding carboxylic acids is 1. The van der Waals surface area contributed by atoms with Crippen LogP contribution in [0.3, 0.4) is 0 Å². The molecule has 15 heavy (non-hydrogen) atoms. The number of nitrogens with zero attached hydrogens (tertiary/aromatic N) is 1. The summed E-state index contributed by atoms with van der Waals surface area (Å²) >= 11 is 0. The van der Waals surface area contributed by atoms with Gasteiger partial charge < -0.3 is 5.32 Å². The van der Waals surface area contributed by atoms with E-state index in [1.807, 2.05) is 19.9 Å². The molecule has 0 saturated carbocycles. The first kappa shape index (κ1) is 9.72. The number of hydrogen-bond acceptors (Lipinski definition) is 2. The Morgan fingerprint density at radius 1 is 1.47 bits per heavy atom. The van der Waals surface area contributed by atoms with Crippen molar-refractivity contribution in [1.82, 2.24) is 0 Å². The van der Waals surface area contributed by atoms with Gasteiger partial charge in [0.2, 0.25) is 5.91 Å². The van der Waals surface area contributed by atoms with Crippen molar-refractivity contribution in [2.45, 2.75) is 20.3 Å². The van der Waals surface area contributed by atoms with Crippen LogP contribution in [0.2, 0.25) is 0 Å². The third-order valence-corrected chi connectivity index (χ3v) is 2.73. The fraction of sp³-hybridized carbons (Fsp3) is 0.333. The molecule has 1 heterocycles. The lowest BCUT2D eigenvalue weighted by Gasteiger charge is -2.30. The van der Waals surface area contributed by atoms with E-state index in [2.05, 4.69) is 11.4 Å². The molecule has 1 aliphatic rings. The van der Waals surface area contributed by atoms with Crippen LogP contribution in [-0.2, 0) is 11.2 Å². The van der Waals surface area contributed by atoms with E-state index < -0.39 is 0 Å². The number of amides is 1. The molecule has 0 saturated heterocycles. The van der Waals surface area contributed by atoms with Gasteiger partial charge >= 0.3 is 0 Å². The molecule has 0 atom stereocenters. The lowest BCUT2D eigenvalue weighted by molar-refractivity contribution is -0.124.